The Kier molecular flexibility index (Phi) is 7.15. The summed E-state index contributed by atoms with van der Waals surface area (Å²) in [5.74, 6) is -0.278. The summed E-state index contributed by atoms with van der Waals surface area (Å²) in [4.78, 5) is 16.2. The molecule has 1 N–H and O–H groups in total. The molecule has 1 amide bonds. The molecule has 3 aromatic rings. The first-order valence-corrected chi connectivity index (χ1v) is 10.9. The van der Waals surface area contributed by atoms with Gasteiger partial charge in [-0.25, -0.2) is 12.8 Å². The van der Waals surface area contributed by atoms with Gasteiger partial charge in [0.05, 0.1) is 12.0 Å². The maximum atomic E-state index is 13.2. The van der Waals surface area contributed by atoms with Crippen LogP contribution < -0.4 is 10.1 Å². The third-order valence-corrected chi connectivity index (χ3v) is 6.69. The second-order valence-electron chi connectivity index (χ2n) is 6.63. The van der Waals surface area contributed by atoms with Crippen LogP contribution in [0.4, 0.5) is 4.39 Å². The fourth-order valence-electron chi connectivity index (χ4n) is 2.90. The topological polar surface area (TPSA) is 85.4 Å². The summed E-state index contributed by atoms with van der Waals surface area (Å²) in [7, 11) is -2.33. The Balaban J connectivity index is 1.77. The molecule has 0 saturated heterocycles. The van der Waals surface area contributed by atoms with E-state index in [4.69, 9.17) is 4.74 Å². The number of benzene rings is 2. The third-order valence-electron chi connectivity index (χ3n) is 4.58. The van der Waals surface area contributed by atoms with E-state index in [-0.39, 0.29) is 11.4 Å². The highest BCUT2D eigenvalue weighted by atomic mass is 32.2. The van der Waals surface area contributed by atoms with E-state index in [0.29, 0.717) is 11.3 Å². The number of carbonyl (C=O) groups excluding carboxylic acids is 1. The summed E-state index contributed by atoms with van der Waals surface area (Å²) in [5.41, 5.74) is 1.21. The molecule has 0 fully saturated rings. The van der Waals surface area contributed by atoms with Gasteiger partial charge in [0.15, 0.2) is 9.84 Å². The number of rotatable bonds is 8. The van der Waals surface area contributed by atoms with E-state index in [1.165, 1.54) is 30.6 Å². The number of nitrogens with zero attached hydrogens (tertiary/aromatic N) is 1. The van der Waals surface area contributed by atoms with Crippen LogP contribution in [0.3, 0.4) is 0 Å². The van der Waals surface area contributed by atoms with Crippen molar-refractivity contribution in [2.75, 3.05) is 13.7 Å². The Hall–Kier alpha value is -3.52. The van der Waals surface area contributed by atoms with Crippen LogP contribution in [0.5, 0.6) is 5.75 Å². The molecule has 0 bridgehead atoms. The van der Waals surface area contributed by atoms with Crippen LogP contribution in [0.25, 0.3) is 6.08 Å². The van der Waals surface area contributed by atoms with Crippen molar-refractivity contribution in [3.05, 3.63) is 96.1 Å². The Morgan fingerprint density at radius 2 is 1.84 bits per heavy atom. The number of pyridine rings is 1. The van der Waals surface area contributed by atoms with Gasteiger partial charge >= 0.3 is 0 Å². The minimum absolute atomic E-state index is 0.0363. The lowest BCUT2D eigenvalue weighted by atomic mass is 10.2. The minimum Gasteiger partial charge on any atom is -0.497 e. The quantitative estimate of drug-likeness (QED) is 0.428. The lowest BCUT2D eigenvalue weighted by Crippen LogP contribution is -2.31. The molecule has 0 aliphatic rings. The Morgan fingerprint density at radius 3 is 2.45 bits per heavy atom. The fraction of sp³-hybridized carbons (Fsp3) is 0.130. The molecule has 2 aromatic carbocycles. The average Bonchev–Trinajstić information content (AvgIpc) is 2.79. The number of halogens is 1. The largest absolute Gasteiger partial charge is 0.497 e. The van der Waals surface area contributed by atoms with Gasteiger partial charge in [-0.2, -0.15) is 0 Å². The van der Waals surface area contributed by atoms with Crippen LogP contribution in [0.1, 0.15) is 16.4 Å². The number of amides is 1. The summed E-state index contributed by atoms with van der Waals surface area (Å²) in [6, 6.07) is 15.0. The third kappa shape index (κ3) is 5.76. The van der Waals surface area contributed by atoms with Gasteiger partial charge < -0.3 is 10.1 Å². The molecule has 0 radical (unpaired) electrons. The summed E-state index contributed by atoms with van der Waals surface area (Å²) in [5, 5.41) is 1.55. The summed E-state index contributed by atoms with van der Waals surface area (Å²) < 4.78 is 44.7. The molecule has 6 nitrogen and oxygen atoms in total. The van der Waals surface area contributed by atoms with E-state index in [1.54, 1.807) is 49.6 Å². The molecule has 0 aliphatic carbocycles. The lowest BCUT2D eigenvalue weighted by molar-refractivity contribution is -0.116. The molecule has 8 heteroatoms. The zero-order valence-electron chi connectivity index (χ0n) is 16.7. The highest BCUT2D eigenvalue weighted by molar-refractivity contribution is 7.91. The van der Waals surface area contributed by atoms with Crippen molar-refractivity contribution in [1.29, 1.82) is 0 Å². The lowest BCUT2D eigenvalue weighted by Gasteiger charge is -2.18. The van der Waals surface area contributed by atoms with Crippen LogP contribution in [-0.2, 0) is 14.6 Å². The van der Waals surface area contributed by atoms with E-state index in [1.807, 2.05) is 0 Å². The van der Waals surface area contributed by atoms with Gasteiger partial charge in [-0.05, 0) is 59.7 Å². The van der Waals surface area contributed by atoms with Crippen LogP contribution in [0, 0.1) is 5.82 Å². The van der Waals surface area contributed by atoms with E-state index >= 15 is 0 Å². The van der Waals surface area contributed by atoms with Crippen molar-refractivity contribution in [2.24, 2.45) is 0 Å². The molecule has 160 valence electrons. The Bertz CT molecular complexity index is 1150. The number of hydrogen-bond donors (Lipinski definition) is 1. The minimum atomic E-state index is -3.90. The van der Waals surface area contributed by atoms with Gasteiger partial charge in [0.25, 0.3) is 0 Å². The van der Waals surface area contributed by atoms with E-state index in [9.17, 15) is 17.6 Å². The maximum Gasteiger partial charge on any atom is 0.244 e. The molecule has 31 heavy (non-hydrogen) atoms. The molecule has 1 aromatic heterocycles. The van der Waals surface area contributed by atoms with Crippen molar-refractivity contribution in [3.8, 4) is 5.75 Å². The van der Waals surface area contributed by atoms with Gasteiger partial charge in [-0.15, -0.1) is 0 Å². The van der Waals surface area contributed by atoms with Crippen molar-refractivity contribution in [1.82, 2.24) is 10.3 Å². The number of ether oxygens (including phenoxy) is 1. The monoisotopic (exact) mass is 440 g/mol. The van der Waals surface area contributed by atoms with Gasteiger partial charge in [-0.3, -0.25) is 9.78 Å². The summed E-state index contributed by atoms with van der Waals surface area (Å²) >= 11 is 0. The highest BCUT2D eigenvalue weighted by Gasteiger charge is 2.29. The first-order valence-electron chi connectivity index (χ1n) is 9.39. The van der Waals surface area contributed by atoms with Gasteiger partial charge in [0.1, 0.15) is 16.8 Å². The molecule has 1 heterocycles. The van der Waals surface area contributed by atoms with E-state index in [0.717, 1.165) is 17.7 Å². The molecule has 3 rings (SSSR count). The van der Waals surface area contributed by atoms with Gasteiger partial charge in [0.2, 0.25) is 5.91 Å². The molecular weight excluding hydrogens is 419 g/mol. The maximum absolute atomic E-state index is 13.2. The number of sulfone groups is 1. The molecule has 0 aliphatic heterocycles. The number of carbonyl (C=O) groups is 1. The SMILES string of the molecule is COc1ccc(/C=C/C(=O)NCC(c2cccnc2)S(=O)(=O)c2ccc(F)cc2)cc1. The Morgan fingerprint density at radius 1 is 1.13 bits per heavy atom. The van der Waals surface area contributed by atoms with Crippen LogP contribution in [-0.4, -0.2) is 33.0 Å². The van der Waals surface area contributed by atoms with Crippen LogP contribution in [0.15, 0.2) is 84.0 Å². The van der Waals surface area contributed by atoms with Crippen LogP contribution in [0.2, 0.25) is 0 Å². The second-order valence-corrected chi connectivity index (χ2v) is 8.76. The summed E-state index contributed by atoms with van der Waals surface area (Å²) in [6.45, 7) is -0.169. The summed E-state index contributed by atoms with van der Waals surface area (Å²) in [6.07, 6.45) is 5.90. The average molecular weight is 440 g/mol. The number of aromatic nitrogens is 1. The normalized spacial score (nSPS) is 12.5. The van der Waals surface area contributed by atoms with Gasteiger partial charge in [-0.1, -0.05) is 18.2 Å². The zero-order valence-corrected chi connectivity index (χ0v) is 17.6. The first kappa shape index (κ1) is 22.2. The van der Waals surface area contributed by atoms with Crippen molar-refractivity contribution < 1.29 is 22.3 Å². The van der Waals surface area contributed by atoms with Crippen molar-refractivity contribution in [3.63, 3.8) is 0 Å². The smallest absolute Gasteiger partial charge is 0.244 e. The van der Waals surface area contributed by atoms with Gasteiger partial charge in [0, 0.05) is 25.0 Å². The highest BCUT2D eigenvalue weighted by Crippen LogP contribution is 2.28. The zero-order chi connectivity index (χ0) is 22.3. The van der Waals surface area contributed by atoms with Crippen molar-refractivity contribution in [2.45, 2.75) is 10.1 Å². The second kappa shape index (κ2) is 9.99. The predicted octanol–water partition coefficient (Wildman–Crippen LogP) is 3.57. The van der Waals surface area contributed by atoms with Crippen molar-refractivity contribution >= 4 is 21.8 Å². The molecular formula is C23H21FN2O4S. The number of nitrogens with one attached hydrogen (secondary N) is 1. The predicted molar refractivity (Wildman–Crippen MR) is 116 cm³/mol. The van der Waals surface area contributed by atoms with E-state index < -0.39 is 26.8 Å². The number of hydrogen-bond acceptors (Lipinski definition) is 5. The first-order chi connectivity index (χ1) is 14.9. The molecule has 1 unspecified atom stereocenters. The number of methoxy groups -OCH3 is 1. The molecule has 0 spiro atoms. The standard InChI is InChI=1S/C23H21FN2O4S/c1-30-20-9-4-17(5-10-20)6-13-23(27)26-16-22(18-3-2-14-25-15-18)31(28,29)21-11-7-19(24)8-12-21/h2-15,22H,16H2,1H3,(H,26,27)/b13-6+. The fourth-order valence-corrected chi connectivity index (χ4v) is 4.55. The molecule has 0 saturated carbocycles. The van der Waals surface area contributed by atoms with Crippen LogP contribution >= 0.6 is 0 Å². The molecule has 1 atom stereocenters. The Labute approximate surface area is 180 Å². The van der Waals surface area contributed by atoms with E-state index in [2.05, 4.69) is 10.3 Å².